The predicted molar refractivity (Wildman–Crippen MR) is 86.1 cm³/mol. The van der Waals surface area contributed by atoms with Gasteiger partial charge in [0.1, 0.15) is 0 Å². The Balaban J connectivity index is 2.44. The molecule has 2 rings (SSSR count). The van der Waals surface area contributed by atoms with E-state index in [9.17, 15) is 13.2 Å². The van der Waals surface area contributed by atoms with Crippen molar-refractivity contribution in [2.24, 2.45) is 0 Å². The molecule has 0 aliphatic heterocycles. The second-order valence-electron chi connectivity index (χ2n) is 4.04. The van der Waals surface area contributed by atoms with Crippen LogP contribution in [0.2, 0.25) is 0 Å². The van der Waals surface area contributed by atoms with Gasteiger partial charge in [0.15, 0.2) is 0 Å². The van der Waals surface area contributed by atoms with Crippen LogP contribution in [0.5, 0.6) is 0 Å². The summed E-state index contributed by atoms with van der Waals surface area (Å²) in [5, 5.41) is 8.92. The molecule has 0 amide bonds. The zero-order valence-corrected chi connectivity index (χ0v) is 14.4. The summed E-state index contributed by atoms with van der Waals surface area (Å²) in [7, 11) is -3.89. The van der Waals surface area contributed by atoms with Crippen molar-refractivity contribution in [2.45, 2.75) is 4.90 Å². The van der Waals surface area contributed by atoms with Gasteiger partial charge in [0.05, 0.1) is 16.1 Å². The van der Waals surface area contributed by atoms with E-state index >= 15 is 0 Å². The monoisotopic (exact) mass is 433 g/mol. The number of benzene rings is 2. The summed E-state index contributed by atoms with van der Waals surface area (Å²) in [6.07, 6.45) is 0. The Morgan fingerprint density at radius 1 is 1.05 bits per heavy atom. The van der Waals surface area contributed by atoms with Gasteiger partial charge in [-0.25, -0.2) is 13.2 Å². The van der Waals surface area contributed by atoms with Crippen LogP contribution in [0.25, 0.3) is 0 Å². The number of nitrogens with one attached hydrogen (secondary N) is 1. The smallest absolute Gasteiger partial charge is 0.335 e. The lowest BCUT2D eigenvalue weighted by molar-refractivity contribution is 0.0696. The van der Waals surface area contributed by atoms with Crippen molar-refractivity contribution < 1.29 is 18.3 Å². The molecule has 2 aromatic rings. The van der Waals surface area contributed by atoms with E-state index in [1.54, 1.807) is 18.2 Å². The minimum atomic E-state index is -3.89. The maximum Gasteiger partial charge on any atom is 0.335 e. The Labute approximate surface area is 138 Å². The Morgan fingerprint density at radius 2 is 1.62 bits per heavy atom. The van der Waals surface area contributed by atoms with E-state index in [4.69, 9.17) is 5.11 Å². The van der Waals surface area contributed by atoms with Gasteiger partial charge in [0.25, 0.3) is 10.0 Å². The van der Waals surface area contributed by atoms with Crippen molar-refractivity contribution in [3.05, 3.63) is 57.0 Å². The molecule has 2 N–H and O–H groups in total. The molecule has 0 saturated carbocycles. The molecule has 0 fully saturated rings. The lowest BCUT2D eigenvalue weighted by Gasteiger charge is -2.11. The molecule has 0 aliphatic rings. The minimum Gasteiger partial charge on any atom is -0.478 e. The number of hydrogen-bond donors (Lipinski definition) is 2. The number of sulfonamides is 1. The lowest BCUT2D eigenvalue weighted by Crippen LogP contribution is -2.14. The fourth-order valence-corrected chi connectivity index (χ4v) is 4.19. The molecule has 0 radical (unpaired) electrons. The molecule has 0 bridgehead atoms. The van der Waals surface area contributed by atoms with E-state index in [0.29, 0.717) is 14.6 Å². The quantitative estimate of drug-likeness (QED) is 0.768. The summed E-state index contributed by atoms with van der Waals surface area (Å²) < 4.78 is 28.2. The Kier molecular flexibility index (Phi) is 4.70. The van der Waals surface area contributed by atoms with Gasteiger partial charge in [-0.15, -0.1) is 0 Å². The van der Waals surface area contributed by atoms with Crippen LogP contribution in [0.15, 0.2) is 56.3 Å². The van der Waals surface area contributed by atoms with Crippen molar-refractivity contribution in [1.82, 2.24) is 0 Å². The molecule has 0 saturated heterocycles. The van der Waals surface area contributed by atoms with Crippen LogP contribution in [0.1, 0.15) is 10.4 Å². The van der Waals surface area contributed by atoms with Crippen LogP contribution in [0, 0.1) is 0 Å². The highest BCUT2D eigenvalue weighted by Crippen LogP contribution is 2.32. The number of carboxylic acids is 1. The number of hydrogen-bond acceptors (Lipinski definition) is 3. The highest BCUT2D eigenvalue weighted by Gasteiger charge is 2.18. The Hall–Kier alpha value is -1.38. The maximum atomic E-state index is 12.3. The number of carboxylic acid groups (broad SMARTS) is 1. The van der Waals surface area contributed by atoms with Crippen LogP contribution in [0.3, 0.4) is 0 Å². The van der Waals surface area contributed by atoms with Crippen LogP contribution in [-0.2, 0) is 10.0 Å². The fourth-order valence-electron chi connectivity index (χ4n) is 1.58. The highest BCUT2D eigenvalue weighted by atomic mass is 79.9. The number of para-hydroxylation sites is 1. The van der Waals surface area contributed by atoms with E-state index in [1.807, 2.05) is 0 Å². The van der Waals surface area contributed by atoms with Gasteiger partial charge < -0.3 is 5.11 Å². The minimum absolute atomic E-state index is 0.0935. The van der Waals surface area contributed by atoms with Crippen LogP contribution in [-0.4, -0.2) is 19.5 Å². The molecule has 8 heteroatoms. The number of rotatable bonds is 4. The second kappa shape index (κ2) is 6.17. The molecule has 0 aromatic heterocycles. The van der Waals surface area contributed by atoms with Crippen molar-refractivity contribution in [3.63, 3.8) is 0 Å². The summed E-state index contributed by atoms with van der Waals surface area (Å²) in [5.74, 6) is -1.19. The van der Waals surface area contributed by atoms with Crippen molar-refractivity contribution in [2.75, 3.05) is 4.72 Å². The summed E-state index contributed by atoms with van der Waals surface area (Å²) in [6, 6.07) is 10.3. The van der Waals surface area contributed by atoms with E-state index in [1.165, 1.54) is 18.2 Å². The zero-order chi connectivity index (χ0) is 15.6. The first-order valence-electron chi connectivity index (χ1n) is 5.61. The van der Waals surface area contributed by atoms with Crippen LogP contribution in [0.4, 0.5) is 5.69 Å². The molecule has 21 heavy (non-hydrogen) atoms. The molecular formula is C13H9Br2NO4S. The third-order valence-corrected chi connectivity index (χ3v) is 5.26. The molecule has 0 unspecified atom stereocenters. The molecule has 0 spiro atoms. The topological polar surface area (TPSA) is 83.5 Å². The van der Waals surface area contributed by atoms with Gasteiger partial charge in [0, 0.05) is 8.95 Å². The number of halogens is 2. The lowest BCUT2D eigenvalue weighted by atomic mass is 10.2. The summed E-state index contributed by atoms with van der Waals surface area (Å²) in [5.41, 5.74) is 0.252. The van der Waals surface area contributed by atoms with Crippen LogP contribution >= 0.6 is 31.9 Å². The van der Waals surface area contributed by atoms with Gasteiger partial charge >= 0.3 is 5.97 Å². The summed E-state index contributed by atoms with van der Waals surface area (Å²) in [4.78, 5) is 10.8. The van der Waals surface area contributed by atoms with Gasteiger partial charge in [-0.1, -0.05) is 12.1 Å². The van der Waals surface area contributed by atoms with Gasteiger partial charge in [-0.3, -0.25) is 4.72 Å². The average Bonchev–Trinajstić information content (AvgIpc) is 2.43. The average molecular weight is 435 g/mol. The summed E-state index contributed by atoms with van der Waals surface area (Å²) >= 11 is 6.52. The van der Waals surface area contributed by atoms with E-state index in [-0.39, 0.29) is 10.5 Å². The number of anilines is 1. The first-order valence-corrected chi connectivity index (χ1v) is 8.68. The normalized spacial score (nSPS) is 11.1. The maximum absolute atomic E-state index is 12.3. The second-order valence-corrected chi connectivity index (χ2v) is 7.43. The van der Waals surface area contributed by atoms with Gasteiger partial charge in [0.2, 0.25) is 0 Å². The molecule has 110 valence electrons. The fraction of sp³-hybridized carbons (Fsp3) is 0. The first-order chi connectivity index (χ1) is 9.81. The van der Waals surface area contributed by atoms with E-state index in [2.05, 4.69) is 36.6 Å². The first kappa shape index (κ1) is 16.0. The van der Waals surface area contributed by atoms with E-state index < -0.39 is 16.0 Å². The van der Waals surface area contributed by atoms with E-state index in [0.717, 1.165) is 6.07 Å². The highest BCUT2D eigenvalue weighted by molar-refractivity contribution is 9.11. The van der Waals surface area contributed by atoms with Crippen molar-refractivity contribution in [3.8, 4) is 0 Å². The van der Waals surface area contributed by atoms with Crippen molar-refractivity contribution in [1.29, 1.82) is 0 Å². The van der Waals surface area contributed by atoms with Gasteiger partial charge in [-0.05, 0) is 62.2 Å². The van der Waals surface area contributed by atoms with Crippen molar-refractivity contribution >= 4 is 53.5 Å². The summed E-state index contributed by atoms with van der Waals surface area (Å²) in [6.45, 7) is 0. The third kappa shape index (κ3) is 3.63. The Bertz CT molecular complexity index is 785. The molecule has 0 atom stereocenters. The third-order valence-electron chi connectivity index (χ3n) is 2.59. The predicted octanol–water partition coefficient (Wildman–Crippen LogP) is 3.71. The number of aromatic carboxylic acids is 1. The standard InChI is InChI=1S/C13H9Br2NO4S/c14-10-5-2-6-11(15)12(10)16-21(19,20)9-4-1-3-8(7-9)13(17)18/h1-7,16H,(H,17,18). The molecular weight excluding hydrogens is 426 g/mol. The van der Waals surface area contributed by atoms with Gasteiger partial charge in [-0.2, -0.15) is 0 Å². The molecule has 0 aliphatic carbocycles. The largest absolute Gasteiger partial charge is 0.478 e. The zero-order valence-electron chi connectivity index (χ0n) is 10.4. The Morgan fingerprint density at radius 3 is 2.19 bits per heavy atom. The number of carbonyl (C=O) groups is 1. The molecule has 0 heterocycles. The molecule has 5 nitrogen and oxygen atoms in total. The SMILES string of the molecule is O=C(O)c1cccc(S(=O)(=O)Nc2c(Br)cccc2Br)c1. The molecule has 2 aromatic carbocycles. The van der Waals surface area contributed by atoms with Crippen LogP contribution < -0.4 is 4.72 Å².